The minimum absolute atomic E-state index is 0.117. The number of thioether (sulfide) groups is 1. The lowest BCUT2D eigenvalue weighted by atomic mass is 10.1. The molecular weight excluding hydrogens is 292 g/mol. The molecule has 0 amide bonds. The lowest BCUT2D eigenvalue weighted by molar-refractivity contribution is 0.570. The number of hydrogen-bond acceptors (Lipinski definition) is 4. The van der Waals surface area contributed by atoms with Crippen LogP contribution in [-0.2, 0) is 16.4 Å². The molecular formula is C14H24N2O2S2. The minimum atomic E-state index is -3.43. The first-order chi connectivity index (χ1) is 9.30. The molecule has 114 valence electrons. The molecule has 1 aromatic rings. The average molecular weight is 316 g/mol. The standard InChI is InChI=1S/C14H24N2O2S2/c1-14(2,19-3)11-16-20(17,18)13-8-6-12(7-9-13)5-4-10-15/h6-9,16H,4-5,10-11,15H2,1-3H3. The number of nitrogens with one attached hydrogen (secondary N) is 1. The van der Waals surface area contributed by atoms with Gasteiger partial charge in [-0.3, -0.25) is 0 Å². The van der Waals surface area contributed by atoms with E-state index < -0.39 is 10.0 Å². The summed E-state index contributed by atoms with van der Waals surface area (Å²) in [5, 5.41) is 0. The van der Waals surface area contributed by atoms with Crippen LogP contribution in [0.4, 0.5) is 0 Å². The van der Waals surface area contributed by atoms with Gasteiger partial charge < -0.3 is 5.73 Å². The number of nitrogens with two attached hydrogens (primary N) is 1. The van der Waals surface area contributed by atoms with E-state index in [-0.39, 0.29) is 4.75 Å². The lowest BCUT2D eigenvalue weighted by Crippen LogP contribution is -2.36. The highest BCUT2D eigenvalue weighted by molar-refractivity contribution is 8.00. The summed E-state index contributed by atoms with van der Waals surface area (Å²) in [7, 11) is -3.43. The van der Waals surface area contributed by atoms with Crippen LogP contribution in [0.5, 0.6) is 0 Å². The van der Waals surface area contributed by atoms with Gasteiger partial charge in [-0.05, 0) is 57.2 Å². The van der Waals surface area contributed by atoms with Gasteiger partial charge in [-0.25, -0.2) is 13.1 Å². The third-order valence-corrected chi connectivity index (χ3v) is 5.81. The second kappa shape index (κ2) is 7.45. The molecule has 0 spiro atoms. The molecule has 0 unspecified atom stereocenters. The van der Waals surface area contributed by atoms with Gasteiger partial charge in [-0.15, -0.1) is 0 Å². The summed E-state index contributed by atoms with van der Waals surface area (Å²) in [6, 6.07) is 7.01. The van der Waals surface area contributed by atoms with Crippen molar-refractivity contribution in [3.05, 3.63) is 29.8 Å². The molecule has 3 N–H and O–H groups in total. The van der Waals surface area contributed by atoms with E-state index in [2.05, 4.69) is 4.72 Å². The molecule has 0 aromatic heterocycles. The number of aryl methyl sites for hydroxylation is 1. The van der Waals surface area contributed by atoms with Crippen molar-refractivity contribution in [3.8, 4) is 0 Å². The molecule has 0 aliphatic carbocycles. The Kier molecular flexibility index (Phi) is 6.51. The molecule has 0 saturated carbocycles. The Morgan fingerprint density at radius 3 is 2.35 bits per heavy atom. The van der Waals surface area contributed by atoms with Crippen LogP contribution in [0.15, 0.2) is 29.2 Å². The molecule has 0 aliphatic heterocycles. The predicted molar refractivity (Wildman–Crippen MR) is 86.6 cm³/mol. The first kappa shape index (κ1) is 17.5. The van der Waals surface area contributed by atoms with Gasteiger partial charge in [-0.2, -0.15) is 11.8 Å². The van der Waals surface area contributed by atoms with Crippen LogP contribution in [0.2, 0.25) is 0 Å². The normalized spacial score (nSPS) is 12.6. The van der Waals surface area contributed by atoms with Gasteiger partial charge in [-0.1, -0.05) is 12.1 Å². The third-order valence-electron chi connectivity index (χ3n) is 3.14. The SMILES string of the molecule is CSC(C)(C)CNS(=O)(=O)c1ccc(CCCN)cc1. The summed E-state index contributed by atoms with van der Waals surface area (Å²) < 4.78 is 26.9. The zero-order chi connectivity index (χ0) is 15.2. The van der Waals surface area contributed by atoms with Crippen LogP contribution in [0, 0.1) is 0 Å². The van der Waals surface area contributed by atoms with Crippen molar-refractivity contribution in [1.82, 2.24) is 4.72 Å². The molecule has 0 radical (unpaired) electrons. The summed E-state index contributed by atoms with van der Waals surface area (Å²) in [6.07, 6.45) is 3.76. The summed E-state index contributed by atoms with van der Waals surface area (Å²) in [6.45, 7) is 5.07. The van der Waals surface area contributed by atoms with Crippen LogP contribution in [0.25, 0.3) is 0 Å². The van der Waals surface area contributed by atoms with Crippen LogP contribution in [0.1, 0.15) is 25.8 Å². The first-order valence-corrected chi connectivity index (χ1v) is 9.35. The summed E-state index contributed by atoms with van der Waals surface area (Å²) in [5.41, 5.74) is 6.57. The number of rotatable bonds is 8. The number of benzene rings is 1. The molecule has 1 rings (SSSR count). The highest BCUT2D eigenvalue weighted by atomic mass is 32.2. The van der Waals surface area contributed by atoms with E-state index in [0.717, 1.165) is 18.4 Å². The second-order valence-corrected chi connectivity index (χ2v) is 8.60. The third kappa shape index (κ3) is 5.44. The Morgan fingerprint density at radius 2 is 1.85 bits per heavy atom. The molecule has 0 atom stereocenters. The van der Waals surface area contributed by atoms with Crippen LogP contribution in [0.3, 0.4) is 0 Å². The van der Waals surface area contributed by atoms with Crippen LogP contribution < -0.4 is 10.5 Å². The van der Waals surface area contributed by atoms with Crippen molar-refractivity contribution in [2.24, 2.45) is 5.73 Å². The summed E-state index contributed by atoms with van der Waals surface area (Å²) >= 11 is 1.64. The van der Waals surface area contributed by atoms with Crippen molar-refractivity contribution < 1.29 is 8.42 Å². The van der Waals surface area contributed by atoms with E-state index in [1.165, 1.54) is 0 Å². The van der Waals surface area contributed by atoms with E-state index in [4.69, 9.17) is 5.73 Å². The molecule has 1 aromatic carbocycles. The second-order valence-electron chi connectivity index (χ2n) is 5.32. The fraction of sp³-hybridized carbons (Fsp3) is 0.571. The quantitative estimate of drug-likeness (QED) is 0.769. The lowest BCUT2D eigenvalue weighted by Gasteiger charge is -2.22. The van der Waals surface area contributed by atoms with Gasteiger partial charge in [0.1, 0.15) is 0 Å². The van der Waals surface area contributed by atoms with Gasteiger partial charge >= 0.3 is 0 Å². The summed E-state index contributed by atoms with van der Waals surface area (Å²) in [4.78, 5) is 0.311. The van der Waals surface area contributed by atoms with Gasteiger partial charge in [0.25, 0.3) is 0 Å². The number of sulfonamides is 1. The van der Waals surface area contributed by atoms with Crippen molar-refractivity contribution in [1.29, 1.82) is 0 Å². The zero-order valence-corrected chi connectivity index (χ0v) is 14.0. The maximum Gasteiger partial charge on any atom is 0.240 e. The average Bonchev–Trinajstić information content (AvgIpc) is 2.44. The van der Waals surface area contributed by atoms with E-state index in [0.29, 0.717) is 18.0 Å². The molecule has 6 heteroatoms. The van der Waals surface area contributed by atoms with E-state index in [9.17, 15) is 8.42 Å². The first-order valence-electron chi connectivity index (χ1n) is 6.64. The van der Waals surface area contributed by atoms with Gasteiger partial charge in [0.15, 0.2) is 0 Å². The Morgan fingerprint density at radius 1 is 1.25 bits per heavy atom. The topological polar surface area (TPSA) is 72.2 Å². The molecule has 0 aliphatic rings. The van der Waals surface area contributed by atoms with Crippen molar-refractivity contribution in [3.63, 3.8) is 0 Å². The van der Waals surface area contributed by atoms with Crippen molar-refractivity contribution >= 4 is 21.8 Å². The largest absolute Gasteiger partial charge is 0.330 e. The molecule has 0 saturated heterocycles. The molecule has 0 fully saturated rings. The maximum absolute atomic E-state index is 12.2. The van der Waals surface area contributed by atoms with E-state index in [1.54, 1.807) is 23.9 Å². The van der Waals surface area contributed by atoms with Gasteiger partial charge in [0, 0.05) is 11.3 Å². The Bertz CT molecular complexity index is 510. The van der Waals surface area contributed by atoms with Crippen LogP contribution >= 0.6 is 11.8 Å². The van der Waals surface area contributed by atoms with E-state index >= 15 is 0 Å². The van der Waals surface area contributed by atoms with Gasteiger partial charge in [0.05, 0.1) is 4.90 Å². The molecule has 4 nitrogen and oxygen atoms in total. The summed E-state index contributed by atoms with van der Waals surface area (Å²) in [5.74, 6) is 0. The Hall–Kier alpha value is -0.560. The van der Waals surface area contributed by atoms with Crippen molar-refractivity contribution in [2.75, 3.05) is 19.3 Å². The smallest absolute Gasteiger partial charge is 0.240 e. The van der Waals surface area contributed by atoms with Gasteiger partial charge in [0.2, 0.25) is 10.0 Å². The molecule has 0 bridgehead atoms. The Labute approximate surface area is 126 Å². The minimum Gasteiger partial charge on any atom is -0.330 e. The van der Waals surface area contributed by atoms with Crippen molar-refractivity contribution in [2.45, 2.75) is 36.3 Å². The molecule has 20 heavy (non-hydrogen) atoms. The zero-order valence-electron chi connectivity index (χ0n) is 12.3. The monoisotopic (exact) mass is 316 g/mol. The molecule has 0 heterocycles. The Balaban J connectivity index is 2.73. The van der Waals surface area contributed by atoms with Crippen LogP contribution in [-0.4, -0.2) is 32.5 Å². The number of hydrogen-bond donors (Lipinski definition) is 2. The maximum atomic E-state index is 12.2. The van der Waals surface area contributed by atoms with E-state index in [1.807, 2.05) is 32.2 Å². The highest BCUT2D eigenvalue weighted by Gasteiger charge is 2.21. The fourth-order valence-electron chi connectivity index (χ4n) is 1.57. The predicted octanol–water partition coefficient (Wildman–Crippen LogP) is 2.00. The highest BCUT2D eigenvalue weighted by Crippen LogP contribution is 2.21. The fourth-order valence-corrected chi connectivity index (χ4v) is 3.09.